The Hall–Kier alpha value is -4.43. The molecule has 0 saturated heterocycles. The molecule has 1 aliphatic rings. The van der Waals surface area contributed by atoms with Crippen molar-refractivity contribution in [2.45, 2.75) is 12.3 Å². The molecule has 0 saturated carbocycles. The van der Waals surface area contributed by atoms with Gasteiger partial charge in [-0.3, -0.25) is 19.5 Å². The molecule has 0 aliphatic carbocycles. The highest BCUT2D eigenvalue weighted by Gasteiger charge is 2.54. The first-order valence-corrected chi connectivity index (χ1v) is 12.2. The lowest BCUT2D eigenvalue weighted by molar-refractivity contribution is -0.120. The minimum Gasteiger partial charge on any atom is -0.394 e. The van der Waals surface area contributed by atoms with Gasteiger partial charge in [0.25, 0.3) is 5.91 Å². The van der Waals surface area contributed by atoms with Gasteiger partial charge in [-0.05, 0) is 36.4 Å². The predicted molar refractivity (Wildman–Crippen MR) is 137 cm³/mol. The topological polar surface area (TPSA) is 121 Å². The van der Waals surface area contributed by atoms with Crippen molar-refractivity contribution in [2.24, 2.45) is 7.05 Å². The molecule has 0 fully saturated rings. The van der Waals surface area contributed by atoms with Gasteiger partial charge >= 0.3 is 0 Å². The number of benzene rings is 2. The van der Waals surface area contributed by atoms with Gasteiger partial charge in [0, 0.05) is 35.6 Å². The molecule has 2 aromatic carbocycles. The maximum absolute atomic E-state index is 16.1. The molecule has 4 aromatic rings. The fraction of sp³-hybridized carbons (Fsp3) is 0.179. The fourth-order valence-corrected chi connectivity index (χ4v) is 4.81. The number of aromatic nitrogens is 3. The third-order valence-corrected chi connectivity index (χ3v) is 6.65. The number of aliphatic hydroxyl groups excluding tert-OH is 1. The van der Waals surface area contributed by atoms with Gasteiger partial charge in [-0.2, -0.15) is 5.26 Å². The zero-order valence-electron chi connectivity index (χ0n) is 20.6. The van der Waals surface area contributed by atoms with Crippen LogP contribution in [0.5, 0.6) is 0 Å². The summed E-state index contributed by atoms with van der Waals surface area (Å²) in [5, 5.41) is 19.2. The van der Waals surface area contributed by atoms with Crippen molar-refractivity contribution in [3.8, 4) is 6.07 Å². The summed E-state index contributed by atoms with van der Waals surface area (Å²) in [6.45, 7) is -0.767. The van der Waals surface area contributed by atoms with Crippen LogP contribution in [0.25, 0.3) is 0 Å². The van der Waals surface area contributed by atoms with Crippen molar-refractivity contribution in [3.63, 3.8) is 0 Å². The Kier molecular flexibility index (Phi) is 6.97. The van der Waals surface area contributed by atoms with Crippen molar-refractivity contribution >= 4 is 23.3 Å². The summed E-state index contributed by atoms with van der Waals surface area (Å²) < 4.78 is 23.9. The summed E-state index contributed by atoms with van der Waals surface area (Å²) in [6.07, 6.45) is 4.31. The number of aliphatic hydroxyl groups is 1. The maximum atomic E-state index is 16.1. The molecule has 11 heteroatoms. The van der Waals surface area contributed by atoms with E-state index in [9.17, 15) is 14.7 Å². The number of hydrogen-bond donors (Lipinski definition) is 1. The molecule has 39 heavy (non-hydrogen) atoms. The van der Waals surface area contributed by atoms with E-state index in [0.717, 1.165) is 6.07 Å². The van der Waals surface area contributed by atoms with Crippen LogP contribution in [0, 0.1) is 17.1 Å². The largest absolute Gasteiger partial charge is 0.394 e. The minimum absolute atomic E-state index is 0.0520. The number of amides is 1. The van der Waals surface area contributed by atoms with Crippen LogP contribution >= 0.6 is 11.6 Å². The molecule has 2 aromatic heterocycles. The highest BCUT2D eigenvalue weighted by Crippen LogP contribution is 2.48. The second-order valence-electron chi connectivity index (χ2n) is 8.90. The van der Waals surface area contributed by atoms with E-state index in [1.165, 1.54) is 29.7 Å². The third kappa shape index (κ3) is 4.57. The summed E-state index contributed by atoms with van der Waals surface area (Å²) in [4.78, 5) is 36.7. The molecule has 0 bridgehead atoms. The van der Waals surface area contributed by atoms with E-state index in [2.05, 4.69) is 9.97 Å². The van der Waals surface area contributed by atoms with Crippen molar-refractivity contribution < 1.29 is 23.8 Å². The van der Waals surface area contributed by atoms with Crippen LogP contribution in [0.15, 0.2) is 67.3 Å². The van der Waals surface area contributed by atoms with Gasteiger partial charge in [-0.15, -0.1) is 0 Å². The molecule has 9 nitrogen and oxygen atoms in total. The smallest absolute Gasteiger partial charge is 0.257 e. The second kappa shape index (κ2) is 10.4. The van der Waals surface area contributed by atoms with Gasteiger partial charge in [-0.25, -0.2) is 9.37 Å². The van der Waals surface area contributed by atoms with Crippen LogP contribution in [0.3, 0.4) is 0 Å². The van der Waals surface area contributed by atoms with E-state index in [-0.39, 0.29) is 35.5 Å². The lowest BCUT2D eigenvalue weighted by atomic mass is 9.91. The van der Waals surface area contributed by atoms with Gasteiger partial charge in [0.1, 0.15) is 17.6 Å². The van der Waals surface area contributed by atoms with Crippen LogP contribution in [-0.4, -0.2) is 49.4 Å². The first kappa shape index (κ1) is 26.2. The first-order chi connectivity index (χ1) is 18.8. The molecule has 1 atom stereocenters. The van der Waals surface area contributed by atoms with Gasteiger partial charge in [0.2, 0.25) is 5.78 Å². The normalized spacial score (nSPS) is 16.3. The number of nitrogens with zero attached hydrogens (tertiary/aromatic N) is 5. The summed E-state index contributed by atoms with van der Waals surface area (Å²) >= 11 is 6.12. The zero-order valence-corrected chi connectivity index (χ0v) is 21.4. The molecular formula is C28H21ClFN5O4. The predicted octanol–water partition coefficient (Wildman–Crippen LogP) is 3.58. The van der Waals surface area contributed by atoms with Crippen molar-refractivity contribution in [2.75, 3.05) is 13.2 Å². The van der Waals surface area contributed by atoms with E-state index in [1.807, 2.05) is 6.07 Å². The number of ether oxygens (including phenoxy) is 1. The Balaban J connectivity index is 1.71. The average molecular weight is 546 g/mol. The number of ketones is 1. The number of aryl methyl sites for hydroxylation is 1. The van der Waals surface area contributed by atoms with Crippen LogP contribution < -0.4 is 0 Å². The van der Waals surface area contributed by atoms with E-state index in [1.54, 1.807) is 48.0 Å². The highest BCUT2D eigenvalue weighted by atomic mass is 35.5. The number of nitriles is 1. The van der Waals surface area contributed by atoms with Gasteiger partial charge < -0.3 is 14.4 Å². The zero-order chi connectivity index (χ0) is 27.7. The molecule has 0 unspecified atom stereocenters. The highest BCUT2D eigenvalue weighted by molar-refractivity contribution is 6.30. The summed E-state index contributed by atoms with van der Waals surface area (Å²) in [5.74, 6) is -2.01. The van der Waals surface area contributed by atoms with Gasteiger partial charge in [-0.1, -0.05) is 23.7 Å². The van der Waals surface area contributed by atoms with Crippen LogP contribution in [0.4, 0.5) is 4.39 Å². The summed E-state index contributed by atoms with van der Waals surface area (Å²) in [5.41, 5.74) is -0.823. The Bertz CT molecular complexity index is 1610. The van der Waals surface area contributed by atoms with Crippen molar-refractivity contribution in [1.82, 2.24) is 19.4 Å². The Labute approximate surface area is 227 Å². The Morgan fingerprint density at radius 3 is 2.59 bits per heavy atom. The SMILES string of the molecule is Cn1cnc(C(=O)c2cc(F)c3c(c2)C(=O)N(Cc2ccc(C#N)cn2)[C@@]3(OCCO)c2ccc(Cl)cc2)c1. The van der Waals surface area contributed by atoms with E-state index < -0.39 is 29.8 Å². The molecule has 1 aliphatic heterocycles. The standard InChI is InChI=1S/C28H21ClFN5O4/c1-34-15-24(33-16-34)26(37)18-10-22-25(23(30)11-18)28(39-9-8-36,19-3-5-20(29)6-4-19)35(27(22)38)14-21-7-2-17(12-31)13-32-21/h2-7,10-11,13,15-16,36H,8-9,14H2,1H3/t28-/m1/s1. The second-order valence-corrected chi connectivity index (χ2v) is 9.33. The van der Waals surface area contributed by atoms with Crippen LogP contribution in [0.2, 0.25) is 5.02 Å². The number of pyridine rings is 1. The molecule has 3 heterocycles. The maximum Gasteiger partial charge on any atom is 0.257 e. The molecular weight excluding hydrogens is 525 g/mol. The Morgan fingerprint density at radius 1 is 1.21 bits per heavy atom. The van der Waals surface area contributed by atoms with Gasteiger partial charge in [0.15, 0.2) is 5.72 Å². The monoisotopic (exact) mass is 545 g/mol. The average Bonchev–Trinajstić information content (AvgIpc) is 3.48. The molecule has 0 spiro atoms. The number of imidazole rings is 1. The fourth-order valence-electron chi connectivity index (χ4n) is 4.68. The summed E-state index contributed by atoms with van der Waals surface area (Å²) in [6, 6.07) is 13.9. The lowest BCUT2D eigenvalue weighted by Crippen LogP contribution is -2.47. The van der Waals surface area contributed by atoms with Gasteiger partial charge in [0.05, 0.1) is 48.5 Å². The number of carbonyl (C=O) groups excluding carboxylic acids is 2. The molecule has 5 rings (SSSR count). The molecule has 1 N–H and O–H groups in total. The van der Waals surface area contributed by atoms with E-state index in [4.69, 9.17) is 21.6 Å². The van der Waals surface area contributed by atoms with E-state index >= 15 is 4.39 Å². The molecule has 0 radical (unpaired) electrons. The molecule has 1 amide bonds. The van der Waals surface area contributed by atoms with Crippen LogP contribution in [-0.2, 0) is 24.1 Å². The number of fused-ring (bicyclic) bond motifs is 1. The van der Waals surface area contributed by atoms with Crippen molar-refractivity contribution in [3.05, 3.63) is 117 Å². The lowest BCUT2D eigenvalue weighted by Gasteiger charge is -2.39. The number of carbonyl (C=O) groups is 2. The molecule has 196 valence electrons. The Morgan fingerprint density at radius 2 is 1.97 bits per heavy atom. The summed E-state index contributed by atoms with van der Waals surface area (Å²) in [7, 11) is 1.70. The van der Waals surface area contributed by atoms with E-state index in [0.29, 0.717) is 21.8 Å². The third-order valence-electron chi connectivity index (χ3n) is 6.40. The van der Waals surface area contributed by atoms with Crippen LogP contribution in [0.1, 0.15) is 48.8 Å². The quantitative estimate of drug-likeness (QED) is 0.336. The number of rotatable bonds is 8. The first-order valence-electron chi connectivity index (χ1n) is 11.8. The number of hydrogen-bond acceptors (Lipinski definition) is 7. The minimum atomic E-state index is -1.81. The number of halogens is 2. The van der Waals surface area contributed by atoms with Crippen molar-refractivity contribution in [1.29, 1.82) is 5.26 Å².